The zero-order valence-corrected chi connectivity index (χ0v) is 17.0. The molecule has 2 aliphatic rings. The second-order valence-corrected chi connectivity index (χ2v) is 7.71. The molecule has 1 heterocycles. The minimum Gasteiger partial charge on any atom is -0.497 e. The number of benzene rings is 2. The lowest BCUT2D eigenvalue weighted by Crippen LogP contribution is -2.30. The van der Waals surface area contributed by atoms with Crippen molar-refractivity contribution in [1.82, 2.24) is 0 Å². The molecule has 0 radical (unpaired) electrons. The third-order valence-corrected chi connectivity index (χ3v) is 5.64. The number of carbonyl (C=O) groups excluding carboxylic acids is 3. The van der Waals surface area contributed by atoms with E-state index >= 15 is 0 Å². The number of nitrogens with zero attached hydrogens (tertiary/aromatic N) is 1. The van der Waals surface area contributed by atoms with E-state index in [1.165, 1.54) is 4.90 Å². The molecular weight excluding hydrogens is 382 g/mol. The Morgan fingerprint density at radius 3 is 2.50 bits per heavy atom. The van der Waals surface area contributed by atoms with Crippen LogP contribution in [0.5, 0.6) is 11.5 Å². The summed E-state index contributed by atoms with van der Waals surface area (Å²) in [5, 5.41) is 0. The first-order valence-corrected chi connectivity index (χ1v) is 9.93. The molecule has 2 aromatic carbocycles. The number of hydrogen-bond donors (Lipinski definition) is 0. The molecular formula is C24H23NO5. The second-order valence-electron chi connectivity index (χ2n) is 7.71. The molecule has 2 aromatic rings. The van der Waals surface area contributed by atoms with E-state index < -0.39 is 5.97 Å². The van der Waals surface area contributed by atoms with Gasteiger partial charge in [0.1, 0.15) is 11.5 Å². The molecule has 0 bridgehead atoms. The van der Waals surface area contributed by atoms with Crippen molar-refractivity contribution in [3.05, 3.63) is 65.7 Å². The highest BCUT2D eigenvalue weighted by atomic mass is 16.5. The zero-order valence-electron chi connectivity index (χ0n) is 17.0. The van der Waals surface area contributed by atoms with Gasteiger partial charge in [-0.3, -0.25) is 14.4 Å². The Morgan fingerprint density at radius 1 is 1.03 bits per heavy atom. The average Bonchev–Trinajstić information content (AvgIpc) is 2.98. The van der Waals surface area contributed by atoms with Crippen molar-refractivity contribution in [3.63, 3.8) is 0 Å². The number of amides is 2. The first kappa shape index (κ1) is 19.9. The highest BCUT2D eigenvalue weighted by molar-refractivity contribution is 6.22. The van der Waals surface area contributed by atoms with Gasteiger partial charge in [0.15, 0.2) is 0 Å². The van der Waals surface area contributed by atoms with Gasteiger partial charge in [0.25, 0.3) is 0 Å². The SMILES string of the molecule is COc1ccc(CC(=O)Oc2cccc(N3C(=O)C4CC=C(C)CC4C3=O)c2)cc1. The van der Waals surface area contributed by atoms with E-state index in [1.807, 2.05) is 13.0 Å². The van der Waals surface area contributed by atoms with Crippen LogP contribution in [0.15, 0.2) is 60.2 Å². The number of rotatable bonds is 5. The van der Waals surface area contributed by atoms with Gasteiger partial charge in [-0.15, -0.1) is 0 Å². The van der Waals surface area contributed by atoms with Gasteiger partial charge in [-0.1, -0.05) is 29.8 Å². The Balaban J connectivity index is 1.47. The third-order valence-electron chi connectivity index (χ3n) is 5.64. The summed E-state index contributed by atoms with van der Waals surface area (Å²) >= 11 is 0. The summed E-state index contributed by atoms with van der Waals surface area (Å²) < 4.78 is 10.6. The molecule has 154 valence electrons. The number of esters is 1. The maximum absolute atomic E-state index is 12.9. The maximum atomic E-state index is 12.9. The van der Waals surface area contributed by atoms with Crippen LogP contribution in [0.25, 0.3) is 0 Å². The number of allylic oxidation sites excluding steroid dienone is 2. The minimum atomic E-state index is -0.426. The van der Waals surface area contributed by atoms with E-state index in [1.54, 1.807) is 55.6 Å². The van der Waals surface area contributed by atoms with Crippen LogP contribution in [0.4, 0.5) is 5.69 Å². The van der Waals surface area contributed by atoms with Crippen molar-refractivity contribution < 1.29 is 23.9 Å². The highest BCUT2D eigenvalue weighted by Crippen LogP contribution is 2.40. The van der Waals surface area contributed by atoms with Gasteiger partial charge < -0.3 is 9.47 Å². The Bertz CT molecular complexity index is 1020. The molecule has 1 saturated heterocycles. The standard InChI is InChI=1S/C24H23NO5/c1-15-6-11-20-21(12-15)24(28)25(23(20)27)17-4-3-5-19(14-17)30-22(26)13-16-7-9-18(29-2)10-8-16/h3-10,14,20-21H,11-13H2,1-2H3. The Hall–Kier alpha value is -3.41. The zero-order chi connectivity index (χ0) is 21.3. The molecule has 0 aromatic heterocycles. The molecule has 1 aliphatic carbocycles. The van der Waals surface area contributed by atoms with Crippen LogP contribution >= 0.6 is 0 Å². The van der Waals surface area contributed by atoms with E-state index in [4.69, 9.17) is 9.47 Å². The van der Waals surface area contributed by atoms with Gasteiger partial charge in [0, 0.05) is 6.07 Å². The van der Waals surface area contributed by atoms with Gasteiger partial charge in [-0.25, -0.2) is 4.90 Å². The lowest BCUT2D eigenvalue weighted by Gasteiger charge is -2.18. The summed E-state index contributed by atoms with van der Waals surface area (Å²) in [6, 6.07) is 13.7. The Kier molecular flexibility index (Phi) is 5.40. The Morgan fingerprint density at radius 2 is 1.77 bits per heavy atom. The fraction of sp³-hybridized carbons (Fsp3) is 0.292. The lowest BCUT2D eigenvalue weighted by molar-refractivity contribution is -0.133. The summed E-state index contributed by atoms with van der Waals surface area (Å²) in [6.07, 6.45) is 3.34. The van der Waals surface area contributed by atoms with E-state index in [0.29, 0.717) is 30.0 Å². The fourth-order valence-corrected chi connectivity index (χ4v) is 4.06. The summed E-state index contributed by atoms with van der Waals surface area (Å²) in [4.78, 5) is 39.3. The average molecular weight is 405 g/mol. The molecule has 0 spiro atoms. The quantitative estimate of drug-likeness (QED) is 0.328. The van der Waals surface area contributed by atoms with Gasteiger partial charge in [-0.05, 0) is 49.6 Å². The third kappa shape index (κ3) is 3.85. The number of carbonyl (C=O) groups is 3. The Labute approximate surface area is 175 Å². The van der Waals surface area contributed by atoms with Crippen LogP contribution in [-0.4, -0.2) is 24.9 Å². The topological polar surface area (TPSA) is 72.9 Å². The molecule has 1 fully saturated rings. The summed E-state index contributed by atoms with van der Waals surface area (Å²) in [5.74, 6) is -0.382. The van der Waals surface area contributed by atoms with Gasteiger partial charge in [-0.2, -0.15) is 0 Å². The first-order valence-electron chi connectivity index (χ1n) is 9.93. The molecule has 0 saturated carbocycles. The van der Waals surface area contributed by atoms with Crippen LogP contribution in [0.1, 0.15) is 25.3 Å². The second kappa shape index (κ2) is 8.14. The van der Waals surface area contributed by atoms with Crippen LogP contribution < -0.4 is 14.4 Å². The molecule has 0 N–H and O–H groups in total. The lowest BCUT2D eigenvalue weighted by atomic mass is 9.82. The molecule has 2 unspecified atom stereocenters. The maximum Gasteiger partial charge on any atom is 0.315 e. The van der Waals surface area contributed by atoms with E-state index in [-0.39, 0.29) is 30.1 Å². The van der Waals surface area contributed by atoms with Crippen LogP contribution in [0.2, 0.25) is 0 Å². The molecule has 30 heavy (non-hydrogen) atoms. The van der Waals surface area contributed by atoms with E-state index in [0.717, 1.165) is 11.1 Å². The minimum absolute atomic E-state index is 0.102. The van der Waals surface area contributed by atoms with Crippen LogP contribution in [0.3, 0.4) is 0 Å². The number of ether oxygens (including phenoxy) is 2. The molecule has 1 aliphatic heterocycles. The monoisotopic (exact) mass is 405 g/mol. The van der Waals surface area contributed by atoms with Crippen molar-refractivity contribution in [3.8, 4) is 11.5 Å². The normalized spacial score (nSPS) is 20.6. The molecule has 6 nitrogen and oxygen atoms in total. The van der Waals surface area contributed by atoms with Crippen molar-refractivity contribution in [1.29, 1.82) is 0 Å². The molecule has 2 atom stereocenters. The summed E-state index contributed by atoms with van der Waals surface area (Å²) in [6.45, 7) is 1.99. The number of anilines is 1. The number of methoxy groups -OCH3 is 1. The molecule has 2 amide bonds. The predicted molar refractivity (Wildman–Crippen MR) is 111 cm³/mol. The number of fused-ring (bicyclic) bond motifs is 1. The first-order chi connectivity index (χ1) is 14.5. The molecule has 4 rings (SSSR count). The number of hydrogen-bond acceptors (Lipinski definition) is 5. The smallest absolute Gasteiger partial charge is 0.315 e. The van der Waals surface area contributed by atoms with E-state index in [9.17, 15) is 14.4 Å². The number of imide groups is 1. The van der Waals surface area contributed by atoms with E-state index in [2.05, 4.69) is 0 Å². The van der Waals surface area contributed by atoms with Crippen molar-refractivity contribution in [2.45, 2.75) is 26.2 Å². The summed E-state index contributed by atoms with van der Waals surface area (Å²) in [5.41, 5.74) is 2.38. The van der Waals surface area contributed by atoms with Crippen molar-refractivity contribution >= 4 is 23.5 Å². The van der Waals surface area contributed by atoms with Crippen molar-refractivity contribution in [2.75, 3.05) is 12.0 Å². The van der Waals surface area contributed by atoms with Crippen molar-refractivity contribution in [2.24, 2.45) is 11.8 Å². The van der Waals surface area contributed by atoms with Gasteiger partial charge in [0.05, 0.1) is 31.1 Å². The van der Waals surface area contributed by atoms with Gasteiger partial charge in [0.2, 0.25) is 11.8 Å². The summed E-state index contributed by atoms with van der Waals surface area (Å²) in [7, 11) is 1.58. The predicted octanol–water partition coefficient (Wildman–Crippen LogP) is 3.69. The van der Waals surface area contributed by atoms with Gasteiger partial charge >= 0.3 is 5.97 Å². The highest BCUT2D eigenvalue weighted by Gasteiger charge is 2.48. The van der Waals surface area contributed by atoms with Crippen LogP contribution in [-0.2, 0) is 20.8 Å². The fourth-order valence-electron chi connectivity index (χ4n) is 4.06. The van der Waals surface area contributed by atoms with Crippen LogP contribution in [0, 0.1) is 11.8 Å². The largest absolute Gasteiger partial charge is 0.497 e. The molecule has 6 heteroatoms.